The lowest BCUT2D eigenvalue weighted by Crippen LogP contribution is -2.43. The SMILES string of the molecule is Cc1ccc(N2CC(NC(=O)CN3CCOC3=O)CC2=O)cc1. The van der Waals surface area contributed by atoms with Crippen molar-refractivity contribution in [3.8, 4) is 0 Å². The smallest absolute Gasteiger partial charge is 0.410 e. The molecule has 2 aliphatic rings. The van der Waals surface area contributed by atoms with Crippen molar-refractivity contribution in [2.45, 2.75) is 19.4 Å². The van der Waals surface area contributed by atoms with Crippen molar-refractivity contribution in [3.05, 3.63) is 29.8 Å². The lowest BCUT2D eigenvalue weighted by Gasteiger charge is -2.18. The van der Waals surface area contributed by atoms with Gasteiger partial charge in [0.25, 0.3) is 0 Å². The Morgan fingerprint density at radius 3 is 2.70 bits per heavy atom. The van der Waals surface area contributed by atoms with Gasteiger partial charge < -0.3 is 15.0 Å². The van der Waals surface area contributed by atoms with Crippen LogP contribution in [0.15, 0.2) is 24.3 Å². The number of ether oxygens (including phenoxy) is 1. The highest BCUT2D eigenvalue weighted by Gasteiger charge is 2.32. The minimum atomic E-state index is -0.469. The number of carbonyl (C=O) groups is 3. The van der Waals surface area contributed by atoms with Crippen LogP contribution in [-0.2, 0) is 14.3 Å². The van der Waals surface area contributed by atoms with E-state index in [9.17, 15) is 14.4 Å². The molecule has 7 nitrogen and oxygen atoms in total. The molecule has 7 heteroatoms. The molecule has 2 heterocycles. The Labute approximate surface area is 134 Å². The summed E-state index contributed by atoms with van der Waals surface area (Å²) in [4.78, 5) is 38.5. The van der Waals surface area contributed by atoms with Crippen LogP contribution in [0, 0.1) is 6.92 Å². The molecule has 2 aliphatic heterocycles. The monoisotopic (exact) mass is 317 g/mol. The molecule has 1 aromatic rings. The zero-order valence-electron chi connectivity index (χ0n) is 12.9. The summed E-state index contributed by atoms with van der Waals surface area (Å²) in [6.45, 7) is 3.13. The first-order chi connectivity index (χ1) is 11.0. The first-order valence-corrected chi connectivity index (χ1v) is 7.61. The van der Waals surface area contributed by atoms with E-state index in [-0.39, 0.29) is 30.8 Å². The molecule has 1 atom stereocenters. The van der Waals surface area contributed by atoms with Crippen LogP contribution >= 0.6 is 0 Å². The van der Waals surface area contributed by atoms with Crippen molar-refractivity contribution in [3.63, 3.8) is 0 Å². The Morgan fingerprint density at radius 1 is 1.30 bits per heavy atom. The van der Waals surface area contributed by atoms with Crippen LogP contribution in [0.1, 0.15) is 12.0 Å². The summed E-state index contributed by atoms with van der Waals surface area (Å²) in [6.07, 6.45) is -0.201. The Morgan fingerprint density at radius 2 is 2.04 bits per heavy atom. The molecular formula is C16H19N3O4. The Hall–Kier alpha value is -2.57. The molecule has 2 fully saturated rings. The molecule has 0 radical (unpaired) electrons. The second-order valence-corrected chi connectivity index (χ2v) is 5.84. The van der Waals surface area contributed by atoms with Crippen molar-refractivity contribution in [1.29, 1.82) is 0 Å². The number of rotatable bonds is 4. The topological polar surface area (TPSA) is 79.0 Å². The molecule has 0 aromatic heterocycles. The highest BCUT2D eigenvalue weighted by molar-refractivity contribution is 5.97. The summed E-state index contributed by atoms with van der Waals surface area (Å²) >= 11 is 0. The molecule has 122 valence electrons. The maximum atomic E-state index is 12.1. The quantitative estimate of drug-likeness (QED) is 0.885. The van der Waals surface area contributed by atoms with Crippen molar-refractivity contribution in [2.24, 2.45) is 0 Å². The normalized spacial score (nSPS) is 20.8. The van der Waals surface area contributed by atoms with Gasteiger partial charge in [0.05, 0.1) is 12.6 Å². The van der Waals surface area contributed by atoms with Gasteiger partial charge in [-0.2, -0.15) is 0 Å². The van der Waals surface area contributed by atoms with E-state index in [1.54, 1.807) is 4.90 Å². The average Bonchev–Trinajstić information content (AvgIpc) is 3.06. The summed E-state index contributed by atoms with van der Waals surface area (Å²) in [5.41, 5.74) is 1.96. The van der Waals surface area contributed by atoms with Gasteiger partial charge in [-0.05, 0) is 19.1 Å². The molecule has 2 saturated heterocycles. The van der Waals surface area contributed by atoms with Gasteiger partial charge in [0, 0.05) is 18.7 Å². The van der Waals surface area contributed by atoms with Crippen molar-refractivity contribution >= 4 is 23.6 Å². The molecule has 23 heavy (non-hydrogen) atoms. The maximum absolute atomic E-state index is 12.1. The summed E-state index contributed by atoms with van der Waals surface area (Å²) in [5.74, 6) is -0.285. The predicted octanol–water partition coefficient (Wildman–Crippen LogP) is 0.669. The van der Waals surface area contributed by atoms with Gasteiger partial charge in [0.2, 0.25) is 11.8 Å². The number of benzene rings is 1. The number of hydrogen-bond donors (Lipinski definition) is 1. The van der Waals surface area contributed by atoms with Crippen LogP contribution < -0.4 is 10.2 Å². The second kappa shape index (κ2) is 6.28. The van der Waals surface area contributed by atoms with Gasteiger partial charge in [0.15, 0.2) is 0 Å². The van der Waals surface area contributed by atoms with Crippen molar-refractivity contribution < 1.29 is 19.1 Å². The lowest BCUT2D eigenvalue weighted by molar-refractivity contribution is -0.122. The number of hydrogen-bond acceptors (Lipinski definition) is 4. The van der Waals surface area contributed by atoms with E-state index in [1.165, 1.54) is 4.90 Å². The van der Waals surface area contributed by atoms with E-state index in [0.717, 1.165) is 11.3 Å². The van der Waals surface area contributed by atoms with Crippen LogP contribution in [0.4, 0.5) is 10.5 Å². The molecule has 1 aromatic carbocycles. The lowest BCUT2D eigenvalue weighted by atomic mass is 10.2. The van der Waals surface area contributed by atoms with Gasteiger partial charge in [-0.3, -0.25) is 14.5 Å². The fourth-order valence-electron chi connectivity index (χ4n) is 2.79. The highest BCUT2D eigenvalue weighted by atomic mass is 16.6. The van der Waals surface area contributed by atoms with E-state index in [2.05, 4.69) is 5.32 Å². The maximum Gasteiger partial charge on any atom is 0.410 e. The fraction of sp³-hybridized carbons (Fsp3) is 0.438. The molecule has 1 N–H and O–H groups in total. The molecule has 0 aliphatic carbocycles. The summed E-state index contributed by atoms with van der Waals surface area (Å²) < 4.78 is 4.78. The fourth-order valence-corrected chi connectivity index (χ4v) is 2.79. The van der Waals surface area contributed by atoms with Crippen molar-refractivity contribution in [2.75, 3.05) is 31.1 Å². The second-order valence-electron chi connectivity index (χ2n) is 5.84. The highest BCUT2D eigenvalue weighted by Crippen LogP contribution is 2.22. The number of carbonyl (C=O) groups excluding carboxylic acids is 3. The van der Waals surface area contributed by atoms with E-state index in [4.69, 9.17) is 4.74 Å². The molecule has 0 spiro atoms. The summed E-state index contributed by atoms with van der Waals surface area (Å²) in [6, 6.07) is 7.46. The first kappa shape index (κ1) is 15.3. The third kappa shape index (κ3) is 3.44. The predicted molar refractivity (Wildman–Crippen MR) is 83.0 cm³/mol. The van der Waals surface area contributed by atoms with Crippen molar-refractivity contribution in [1.82, 2.24) is 10.2 Å². The largest absolute Gasteiger partial charge is 0.448 e. The number of amides is 3. The third-order valence-electron chi connectivity index (χ3n) is 4.02. The third-order valence-corrected chi connectivity index (χ3v) is 4.02. The van der Waals surface area contributed by atoms with E-state index < -0.39 is 6.09 Å². The average molecular weight is 317 g/mol. The Kier molecular flexibility index (Phi) is 4.18. The van der Waals surface area contributed by atoms with Gasteiger partial charge >= 0.3 is 6.09 Å². The number of anilines is 1. The minimum absolute atomic E-state index is 0.0141. The zero-order chi connectivity index (χ0) is 16.4. The number of aryl methyl sites for hydroxylation is 1. The standard InChI is InChI=1S/C16H19N3O4/c1-11-2-4-13(5-3-11)19-9-12(8-15(19)21)17-14(20)10-18-6-7-23-16(18)22/h2-5,12H,6-10H2,1H3,(H,17,20). The molecular weight excluding hydrogens is 298 g/mol. The number of nitrogens with zero attached hydrogens (tertiary/aromatic N) is 2. The Balaban J connectivity index is 1.56. The minimum Gasteiger partial charge on any atom is -0.448 e. The van der Waals surface area contributed by atoms with Gasteiger partial charge in [-0.25, -0.2) is 4.79 Å². The zero-order valence-corrected chi connectivity index (χ0v) is 12.9. The van der Waals surface area contributed by atoms with Crippen LogP contribution in [-0.4, -0.2) is 55.1 Å². The van der Waals surface area contributed by atoms with Crippen LogP contribution in [0.25, 0.3) is 0 Å². The first-order valence-electron chi connectivity index (χ1n) is 7.61. The van der Waals surface area contributed by atoms with E-state index in [0.29, 0.717) is 19.7 Å². The van der Waals surface area contributed by atoms with E-state index in [1.807, 2.05) is 31.2 Å². The molecule has 3 rings (SSSR count). The molecule has 0 saturated carbocycles. The summed E-state index contributed by atoms with van der Waals surface area (Å²) in [7, 11) is 0. The molecule has 0 bridgehead atoms. The Bertz CT molecular complexity index is 629. The van der Waals surface area contributed by atoms with E-state index >= 15 is 0 Å². The molecule has 1 unspecified atom stereocenters. The number of nitrogens with one attached hydrogen (secondary N) is 1. The van der Waals surface area contributed by atoms with Crippen LogP contribution in [0.5, 0.6) is 0 Å². The van der Waals surface area contributed by atoms with Crippen LogP contribution in [0.3, 0.4) is 0 Å². The van der Waals surface area contributed by atoms with Crippen LogP contribution in [0.2, 0.25) is 0 Å². The van der Waals surface area contributed by atoms with Gasteiger partial charge in [0.1, 0.15) is 13.2 Å². The van der Waals surface area contributed by atoms with Gasteiger partial charge in [-0.15, -0.1) is 0 Å². The summed E-state index contributed by atoms with van der Waals surface area (Å²) in [5, 5.41) is 2.82. The molecule has 3 amide bonds. The van der Waals surface area contributed by atoms with Gasteiger partial charge in [-0.1, -0.05) is 17.7 Å². The number of cyclic esters (lactones) is 1.